The molecule has 1 heterocycles. The molecule has 0 fully saturated rings. The molecule has 1 N–H and O–H groups in total. The van der Waals surface area contributed by atoms with Gasteiger partial charge in [0, 0.05) is 24.6 Å². The number of carbonyl (C=O) groups is 1. The fourth-order valence-corrected chi connectivity index (χ4v) is 2.73. The number of benzene rings is 2. The van der Waals surface area contributed by atoms with Gasteiger partial charge in [-0.2, -0.15) is 9.46 Å². The van der Waals surface area contributed by atoms with E-state index in [4.69, 9.17) is 4.74 Å². The summed E-state index contributed by atoms with van der Waals surface area (Å²) in [4.78, 5) is 10.5. The van der Waals surface area contributed by atoms with Gasteiger partial charge in [0.25, 0.3) is 16.7 Å². The minimum absolute atomic E-state index is 0.00921. The first-order valence-corrected chi connectivity index (χ1v) is 8.51. The Kier molecular flexibility index (Phi) is 6.36. The van der Waals surface area contributed by atoms with E-state index < -0.39 is 0 Å². The molecule has 0 amide bonds. The van der Waals surface area contributed by atoms with Crippen LogP contribution in [0.15, 0.2) is 53.6 Å². The van der Waals surface area contributed by atoms with Crippen LogP contribution >= 0.6 is 15.9 Å². The lowest BCUT2D eigenvalue weighted by molar-refractivity contribution is -0.633. The largest absolute Gasteiger partial charge is 0.618 e. The van der Waals surface area contributed by atoms with E-state index in [2.05, 4.69) is 22.5 Å². The van der Waals surface area contributed by atoms with Crippen LogP contribution in [-0.2, 0) is 4.79 Å². The maximum Gasteiger partial charge on any atom is 0.290 e. The first-order chi connectivity index (χ1) is 12.8. The van der Waals surface area contributed by atoms with Crippen molar-refractivity contribution in [3.05, 3.63) is 75.3 Å². The Morgan fingerprint density at radius 3 is 2.48 bits per heavy atom. The number of aryl methyl sites for hydroxylation is 1. The van der Waals surface area contributed by atoms with Crippen LogP contribution in [0.4, 0.5) is 0 Å². The normalized spacial score (nSPS) is 10.0. The number of phenols is 1. The molecule has 0 bridgehead atoms. The average molecular weight is 433 g/mol. The Hall–Kier alpha value is -3.13. The predicted molar refractivity (Wildman–Crippen MR) is 104 cm³/mol. The Bertz CT molecular complexity index is 1020. The Labute approximate surface area is 164 Å². The van der Waals surface area contributed by atoms with E-state index >= 15 is 0 Å². The number of methoxy groups -OCH3 is 1. The van der Waals surface area contributed by atoms with Crippen molar-refractivity contribution in [1.82, 2.24) is 0 Å². The zero-order valence-electron chi connectivity index (χ0n) is 14.7. The topological polar surface area (TPSA) is 100 Å². The van der Waals surface area contributed by atoms with E-state index in [1.165, 1.54) is 13.3 Å². The quantitative estimate of drug-likeness (QED) is 0.296. The van der Waals surface area contributed by atoms with Crippen molar-refractivity contribution in [2.45, 2.75) is 6.92 Å². The molecule has 1 aromatic heterocycles. The number of allylic oxidation sites excluding steroid dienone is 1. The summed E-state index contributed by atoms with van der Waals surface area (Å²) in [5.41, 5.74) is 2.14. The van der Waals surface area contributed by atoms with E-state index in [-0.39, 0.29) is 5.75 Å². The number of nitrogens with zero attached hydrogens (tertiary/aromatic N) is 2. The number of hydrogen-bond acceptors (Lipinski definition) is 5. The maximum atomic E-state index is 11.4. The zero-order valence-corrected chi connectivity index (χ0v) is 16.3. The van der Waals surface area contributed by atoms with Crippen molar-refractivity contribution in [1.29, 1.82) is 0 Å². The zero-order chi connectivity index (χ0) is 20.1. The average Bonchev–Trinajstić information content (AvgIpc) is 2.68. The van der Waals surface area contributed by atoms with Crippen LogP contribution in [0.25, 0.3) is 16.6 Å². The number of halogens is 1. The summed E-state index contributed by atoms with van der Waals surface area (Å²) in [5.74, 6) is 0.312. The van der Waals surface area contributed by atoms with Crippen molar-refractivity contribution in [3.63, 3.8) is 0 Å². The van der Waals surface area contributed by atoms with Gasteiger partial charge in [0.05, 0.1) is 11.6 Å². The van der Waals surface area contributed by atoms with Crippen LogP contribution in [-0.4, -0.2) is 18.5 Å². The van der Waals surface area contributed by atoms with Gasteiger partial charge < -0.3 is 20.3 Å². The van der Waals surface area contributed by atoms with Gasteiger partial charge in [0.2, 0.25) is 6.20 Å². The highest BCUT2D eigenvalue weighted by Gasteiger charge is 2.14. The monoisotopic (exact) mass is 432 g/mol. The SMILES string of the molecule is C=C(C=O)c1cc(Br)c(O)c(OC)c1.Cc1c[n+]([O-])c2ccccc2[n+]1[O-]. The van der Waals surface area contributed by atoms with Crippen molar-refractivity contribution >= 4 is 38.8 Å². The van der Waals surface area contributed by atoms with Crippen LogP contribution in [0.3, 0.4) is 0 Å². The molecule has 0 aliphatic heterocycles. The number of aromatic hydroxyl groups is 1. The Balaban J connectivity index is 0.000000194. The molecule has 0 unspecified atom stereocenters. The summed E-state index contributed by atoms with van der Waals surface area (Å²) in [6.07, 6.45) is 1.92. The highest BCUT2D eigenvalue weighted by atomic mass is 79.9. The third-order valence-electron chi connectivity index (χ3n) is 3.72. The van der Waals surface area contributed by atoms with E-state index in [0.29, 0.717) is 49.1 Å². The van der Waals surface area contributed by atoms with Gasteiger partial charge in [0.15, 0.2) is 11.5 Å². The molecule has 27 heavy (non-hydrogen) atoms. The first kappa shape index (κ1) is 20.2. The van der Waals surface area contributed by atoms with Crippen molar-refractivity contribution in [3.8, 4) is 11.5 Å². The number of rotatable bonds is 3. The highest BCUT2D eigenvalue weighted by Crippen LogP contribution is 2.36. The molecule has 0 aliphatic rings. The van der Waals surface area contributed by atoms with Gasteiger partial charge in [-0.05, 0) is 33.6 Å². The molecular formula is C19H17BrN2O5. The Morgan fingerprint density at radius 1 is 1.26 bits per heavy atom. The number of aldehydes is 1. The van der Waals surface area contributed by atoms with Gasteiger partial charge >= 0.3 is 0 Å². The van der Waals surface area contributed by atoms with Crippen molar-refractivity contribution in [2.24, 2.45) is 0 Å². The molecule has 0 spiro atoms. The molecule has 2 aromatic carbocycles. The second-order valence-corrected chi connectivity index (χ2v) is 6.39. The summed E-state index contributed by atoms with van der Waals surface area (Å²) < 4.78 is 6.85. The number of aromatic nitrogens is 2. The summed E-state index contributed by atoms with van der Waals surface area (Å²) in [6, 6.07) is 9.87. The summed E-state index contributed by atoms with van der Waals surface area (Å²) in [7, 11) is 1.44. The predicted octanol–water partition coefficient (Wildman–Crippen LogP) is 2.79. The lowest BCUT2D eigenvalue weighted by Gasteiger charge is -2.07. The molecule has 3 aromatic rings. The van der Waals surface area contributed by atoms with Crippen LogP contribution in [0.1, 0.15) is 11.3 Å². The van der Waals surface area contributed by atoms with Crippen LogP contribution < -0.4 is 14.2 Å². The molecule has 0 aliphatic carbocycles. The van der Waals surface area contributed by atoms with E-state index in [1.807, 2.05) is 0 Å². The number of ether oxygens (including phenoxy) is 1. The summed E-state index contributed by atoms with van der Waals surface area (Å²) in [5, 5.41) is 32.2. The standard InChI is InChI=1S/C10H9BrO3.C9H8N2O2/c1-6(5-12)7-3-8(11)10(13)9(4-7)14-2;1-7-6-10(12)8-4-2-3-5-9(8)11(7)13/h3-5,13H,1H2,2H3;2-6H,1H3. The molecule has 140 valence electrons. The molecule has 0 saturated heterocycles. The maximum absolute atomic E-state index is 11.4. The van der Waals surface area contributed by atoms with Gasteiger partial charge in [0.1, 0.15) is 6.29 Å². The smallest absolute Gasteiger partial charge is 0.290 e. The van der Waals surface area contributed by atoms with E-state index in [0.717, 1.165) is 4.73 Å². The van der Waals surface area contributed by atoms with E-state index in [9.17, 15) is 20.3 Å². The number of hydrogen-bond donors (Lipinski definition) is 1. The number of phenolic OH excluding ortho intramolecular Hbond substituents is 1. The molecule has 0 saturated carbocycles. The van der Waals surface area contributed by atoms with Crippen LogP contribution in [0.2, 0.25) is 0 Å². The fraction of sp³-hybridized carbons (Fsp3) is 0.105. The molecule has 7 nitrogen and oxygen atoms in total. The Morgan fingerprint density at radius 2 is 1.89 bits per heavy atom. The summed E-state index contributed by atoms with van der Waals surface area (Å²) >= 11 is 3.15. The van der Waals surface area contributed by atoms with Crippen LogP contribution in [0, 0.1) is 17.3 Å². The number of para-hydroxylation sites is 2. The lowest BCUT2D eigenvalue weighted by Crippen LogP contribution is -2.40. The van der Waals surface area contributed by atoms with Gasteiger partial charge in [-0.1, -0.05) is 18.7 Å². The van der Waals surface area contributed by atoms with Gasteiger partial charge in [-0.15, -0.1) is 0 Å². The molecule has 0 radical (unpaired) electrons. The van der Waals surface area contributed by atoms with E-state index in [1.54, 1.807) is 43.3 Å². The van der Waals surface area contributed by atoms with Gasteiger partial charge in [-0.25, -0.2) is 0 Å². The molecular weight excluding hydrogens is 416 g/mol. The third-order valence-corrected chi connectivity index (χ3v) is 4.33. The van der Waals surface area contributed by atoms with Crippen LogP contribution in [0.5, 0.6) is 11.5 Å². The minimum atomic E-state index is 0.00921. The summed E-state index contributed by atoms with van der Waals surface area (Å²) in [6.45, 7) is 5.17. The minimum Gasteiger partial charge on any atom is -0.618 e. The van der Waals surface area contributed by atoms with Crippen molar-refractivity contribution < 1.29 is 24.1 Å². The highest BCUT2D eigenvalue weighted by molar-refractivity contribution is 9.10. The lowest BCUT2D eigenvalue weighted by atomic mass is 10.1. The number of carbonyl (C=O) groups excluding carboxylic acids is 1. The first-order valence-electron chi connectivity index (χ1n) is 7.72. The molecule has 3 rings (SSSR count). The second kappa shape index (κ2) is 8.50. The third kappa shape index (κ3) is 4.35. The molecule has 8 heteroatoms. The second-order valence-electron chi connectivity index (χ2n) is 5.53. The fourth-order valence-electron chi connectivity index (χ4n) is 2.29. The molecule has 0 atom stereocenters. The van der Waals surface area contributed by atoms with Crippen molar-refractivity contribution in [2.75, 3.05) is 7.11 Å². The number of fused-ring (bicyclic) bond motifs is 1. The van der Waals surface area contributed by atoms with Gasteiger partial charge in [-0.3, -0.25) is 4.79 Å².